The first-order valence-electron chi connectivity index (χ1n) is 9.93. The van der Waals surface area contributed by atoms with Crippen molar-refractivity contribution in [3.63, 3.8) is 0 Å². The number of ether oxygens (including phenoxy) is 2. The Hall–Kier alpha value is -3.39. The second kappa shape index (κ2) is 7.46. The van der Waals surface area contributed by atoms with E-state index in [2.05, 4.69) is 4.98 Å². The molecule has 5 rings (SSSR count). The van der Waals surface area contributed by atoms with Gasteiger partial charge in [0.15, 0.2) is 5.78 Å². The molecule has 1 amide bonds. The van der Waals surface area contributed by atoms with Gasteiger partial charge in [0.05, 0.1) is 24.4 Å². The van der Waals surface area contributed by atoms with Crippen molar-refractivity contribution in [3.8, 4) is 16.9 Å². The molecular formula is C22H21N3O5. The average molecular weight is 407 g/mol. The van der Waals surface area contributed by atoms with Gasteiger partial charge < -0.3 is 24.0 Å². The number of ketones is 1. The topological polar surface area (TPSA) is 93.9 Å². The first-order valence-corrected chi connectivity index (χ1v) is 9.93. The van der Waals surface area contributed by atoms with Gasteiger partial charge in [-0.3, -0.25) is 9.78 Å². The van der Waals surface area contributed by atoms with Crippen LogP contribution in [-0.2, 0) is 11.3 Å². The van der Waals surface area contributed by atoms with Crippen molar-refractivity contribution in [2.75, 3.05) is 26.3 Å². The number of rotatable bonds is 4. The Kier molecular flexibility index (Phi) is 4.63. The Bertz CT molecular complexity index is 1140. The van der Waals surface area contributed by atoms with Gasteiger partial charge in [0.25, 0.3) is 0 Å². The molecule has 1 fully saturated rings. The van der Waals surface area contributed by atoms with Gasteiger partial charge in [0.2, 0.25) is 0 Å². The van der Waals surface area contributed by atoms with Crippen LogP contribution in [0.15, 0.2) is 42.7 Å². The predicted molar refractivity (Wildman–Crippen MR) is 109 cm³/mol. The predicted octanol–water partition coefficient (Wildman–Crippen LogP) is 3.05. The number of aromatic nitrogens is 2. The molecule has 0 spiro atoms. The summed E-state index contributed by atoms with van der Waals surface area (Å²) < 4.78 is 13.7. The lowest BCUT2D eigenvalue weighted by molar-refractivity contribution is -0.0409. The molecule has 4 heterocycles. The van der Waals surface area contributed by atoms with Crippen molar-refractivity contribution in [3.05, 3.63) is 48.4 Å². The number of hydrogen-bond acceptors (Lipinski definition) is 5. The molecule has 2 aliphatic rings. The number of nitrogens with zero attached hydrogens (tertiary/aromatic N) is 3. The third-order valence-electron chi connectivity index (χ3n) is 5.61. The zero-order valence-electron chi connectivity index (χ0n) is 16.3. The van der Waals surface area contributed by atoms with Gasteiger partial charge in [0.1, 0.15) is 18.5 Å². The fraction of sp³-hybridized carbons (Fsp3) is 0.318. The summed E-state index contributed by atoms with van der Waals surface area (Å²) in [5, 5.41) is 10.1. The van der Waals surface area contributed by atoms with Crippen LogP contribution in [0.1, 0.15) is 16.9 Å². The van der Waals surface area contributed by atoms with Crippen molar-refractivity contribution in [1.82, 2.24) is 14.5 Å². The molecule has 3 aromatic rings. The Balaban J connectivity index is 1.43. The van der Waals surface area contributed by atoms with Gasteiger partial charge >= 0.3 is 6.09 Å². The summed E-state index contributed by atoms with van der Waals surface area (Å²) in [6.07, 6.45) is 2.99. The molecule has 1 atom stereocenters. The van der Waals surface area contributed by atoms with Gasteiger partial charge in [-0.25, -0.2) is 4.79 Å². The number of carboxylic acid groups (broad SMARTS) is 1. The maximum Gasteiger partial charge on any atom is 0.407 e. The van der Waals surface area contributed by atoms with E-state index in [0.717, 1.165) is 27.7 Å². The number of Topliss-reactive ketones (excluding diaryl/α,β-unsaturated/α-hetero) is 1. The van der Waals surface area contributed by atoms with Crippen LogP contribution in [0.4, 0.5) is 4.79 Å². The first kappa shape index (κ1) is 18.6. The largest absolute Gasteiger partial charge is 0.490 e. The number of aryl methyl sites for hydroxylation is 1. The highest BCUT2D eigenvalue weighted by molar-refractivity contribution is 5.98. The number of pyridine rings is 1. The van der Waals surface area contributed by atoms with Crippen molar-refractivity contribution in [2.24, 2.45) is 0 Å². The van der Waals surface area contributed by atoms with Gasteiger partial charge in [-0.05, 0) is 35.9 Å². The van der Waals surface area contributed by atoms with Crippen molar-refractivity contribution < 1.29 is 24.2 Å². The quantitative estimate of drug-likeness (QED) is 0.714. The Morgan fingerprint density at radius 1 is 1.27 bits per heavy atom. The molecule has 2 aliphatic heterocycles. The van der Waals surface area contributed by atoms with E-state index in [-0.39, 0.29) is 25.0 Å². The van der Waals surface area contributed by atoms with E-state index in [1.807, 2.05) is 41.1 Å². The van der Waals surface area contributed by atoms with Crippen LogP contribution >= 0.6 is 0 Å². The normalized spacial score (nSPS) is 18.6. The molecule has 1 saturated heterocycles. The summed E-state index contributed by atoms with van der Waals surface area (Å²) in [7, 11) is 0. The van der Waals surface area contributed by atoms with E-state index < -0.39 is 6.09 Å². The number of amides is 1. The first-order chi connectivity index (χ1) is 14.6. The number of carbonyl (C=O) groups excluding carboxylic acids is 1. The summed E-state index contributed by atoms with van der Waals surface area (Å²) in [6, 6.07) is 9.64. The zero-order valence-corrected chi connectivity index (χ0v) is 16.3. The molecular weight excluding hydrogens is 386 g/mol. The second-order valence-electron chi connectivity index (χ2n) is 7.56. The van der Waals surface area contributed by atoms with E-state index in [1.165, 1.54) is 4.90 Å². The van der Waals surface area contributed by atoms with Gasteiger partial charge in [-0.1, -0.05) is 0 Å². The van der Waals surface area contributed by atoms with Crippen molar-refractivity contribution in [2.45, 2.75) is 19.1 Å². The summed E-state index contributed by atoms with van der Waals surface area (Å²) in [4.78, 5) is 29.1. The van der Waals surface area contributed by atoms with Crippen LogP contribution in [0.2, 0.25) is 0 Å². The zero-order chi connectivity index (χ0) is 20.7. The minimum atomic E-state index is -0.948. The van der Waals surface area contributed by atoms with E-state index in [1.54, 1.807) is 6.20 Å². The van der Waals surface area contributed by atoms with Gasteiger partial charge in [-0.2, -0.15) is 0 Å². The fourth-order valence-electron chi connectivity index (χ4n) is 4.05. The Morgan fingerprint density at radius 3 is 3.00 bits per heavy atom. The van der Waals surface area contributed by atoms with E-state index in [9.17, 15) is 14.7 Å². The van der Waals surface area contributed by atoms with Crippen molar-refractivity contribution in [1.29, 1.82) is 0 Å². The SMILES string of the molecule is O=C1CCn2cc(-c3cc(OC[C@@H]4CN(C(=O)O)CCO4)c4cccnc4c3)cc21. The summed E-state index contributed by atoms with van der Waals surface area (Å²) in [5.41, 5.74) is 3.39. The van der Waals surface area contributed by atoms with Crippen LogP contribution < -0.4 is 4.74 Å². The molecule has 0 bridgehead atoms. The number of carbonyl (C=O) groups is 2. The fourth-order valence-corrected chi connectivity index (χ4v) is 4.05. The van der Waals surface area contributed by atoms with Crippen LogP contribution in [-0.4, -0.2) is 63.8 Å². The standard InChI is InChI=1S/C22H21N3O5/c26-20-3-5-24-11-15(9-19(20)24)14-8-18-17(2-1-4-23-18)21(10-14)30-13-16-12-25(22(27)28)6-7-29-16/h1-2,4,8-11,16H,3,5-7,12-13H2,(H,27,28)/t16-/m0/s1. The molecule has 1 aromatic carbocycles. The van der Waals surface area contributed by atoms with E-state index >= 15 is 0 Å². The second-order valence-corrected chi connectivity index (χ2v) is 7.56. The molecule has 2 aromatic heterocycles. The van der Waals surface area contributed by atoms with Crippen molar-refractivity contribution >= 4 is 22.8 Å². The van der Waals surface area contributed by atoms with Crippen LogP contribution in [0, 0.1) is 0 Å². The molecule has 8 heteroatoms. The van der Waals surface area contributed by atoms with Crippen LogP contribution in [0.25, 0.3) is 22.0 Å². The number of morpholine rings is 1. The lowest BCUT2D eigenvalue weighted by Crippen LogP contribution is -2.47. The van der Waals surface area contributed by atoms with Gasteiger partial charge in [-0.15, -0.1) is 0 Å². The third-order valence-corrected chi connectivity index (χ3v) is 5.61. The Morgan fingerprint density at radius 2 is 2.17 bits per heavy atom. The smallest absolute Gasteiger partial charge is 0.407 e. The third kappa shape index (κ3) is 3.39. The van der Waals surface area contributed by atoms with E-state index in [0.29, 0.717) is 31.9 Å². The molecule has 0 unspecified atom stereocenters. The highest BCUT2D eigenvalue weighted by Crippen LogP contribution is 2.34. The lowest BCUT2D eigenvalue weighted by Gasteiger charge is -2.30. The average Bonchev–Trinajstić information content (AvgIpc) is 3.34. The summed E-state index contributed by atoms with van der Waals surface area (Å²) >= 11 is 0. The summed E-state index contributed by atoms with van der Waals surface area (Å²) in [5.74, 6) is 0.818. The number of fused-ring (bicyclic) bond motifs is 2. The monoisotopic (exact) mass is 407 g/mol. The molecule has 154 valence electrons. The maximum atomic E-state index is 12.0. The maximum absolute atomic E-state index is 12.0. The highest BCUT2D eigenvalue weighted by atomic mass is 16.5. The van der Waals surface area contributed by atoms with Crippen LogP contribution in [0.3, 0.4) is 0 Å². The van der Waals surface area contributed by atoms with Gasteiger partial charge in [0, 0.05) is 42.9 Å². The molecule has 30 heavy (non-hydrogen) atoms. The Labute approximate surface area is 172 Å². The molecule has 1 N–H and O–H groups in total. The lowest BCUT2D eigenvalue weighted by atomic mass is 10.0. The minimum absolute atomic E-state index is 0.161. The number of hydrogen-bond donors (Lipinski definition) is 1. The molecule has 8 nitrogen and oxygen atoms in total. The van der Waals surface area contributed by atoms with Crippen LogP contribution in [0.5, 0.6) is 5.75 Å². The minimum Gasteiger partial charge on any atom is -0.490 e. The molecule has 0 saturated carbocycles. The highest BCUT2D eigenvalue weighted by Gasteiger charge is 2.25. The molecule has 0 radical (unpaired) electrons. The molecule has 0 aliphatic carbocycles. The van der Waals surface area contributed by atoms with E-state index in [4.69, 9.17) is 9.47 Å². The summed E-state index contributed by atoms with van der Waals surface area (Å²) in [6.45, 7) is 1.95. The number of benzene rings is 1.